The third-order valence-corrected chi connectivity index (χ3v) is 5.79. The van der Waals surface area contributed by atoms with Gasteiger partial charge in [-0.2, -0.15) is 0 Å². The first-order chi connectivity index (χ1) is 15.5. The zero-order valence-corrected chi connectivity index (χ0v) is 18.5. The van der Waals surface area contributed by atoms with Gasteiger partial charge in [-0.3, -0.25) is 14.5 Å². The largest absolute Gasteiger partial charge is 0.465 e. The number of pyridine rings is 2. The first-order valence-corrected chi connectivity index (χ1v) is 10.4. The fourth-order valence-corrected chi connectivity index (χ4v) is 4.30. The summed E-state index contributed by atoms with van der Waals surface area (Å²) < 4.78 is 7.11. The first-order valence-electron chi connectivity index (χ1n) is 10.1. The zero-order chi connectivity index (χ0) is 22.4. The number of esters is 1. The lowest BCUT2D eigenvalue weighted by molar-refractivity contribution is 0.0603. The molecule has 5 rings (SSSR count). The van der Waals surface area contributed by atoms with Gasteiger partial charge < -0.3 is 4.74 Å². The molecular formula is C25H19ClN4O2. The fraction of sp³-hybridized carbons (Fsp3) is 0.120. The maximum Gasteiger partial charge on any atom is 0.340 e. The van der Waals surface area contributed by atoms with Crippen LogP contribution in [0.1, 0.15) is 21.9 Å². The lowest BCUT2D eigenvalue weighted by atomic mass is 10.0. The van der Waals surface area contributed by atoms with E-state index in [0.717, 1.165) is 44.8 Å². The molecule has 0 saturated heterocycles. The van der Waals surface area contributed by atoms with Gasteiger partial charge in [0, 0.05) is 23.5 Å². The number of fused-ring (bicyclic) bond motifs is 2. The van der Waals surface area contributed by atoms with Crippen LogP contribution >= 0.6 is 11.6 Å². The van der Waals surface area contributed by atoms with Gasteiger partial charge in [0.05, 0.1) is 34.4 Å². The molecule has 0 fully saturated rings. The minimum absolute atomic E-state index is 0.409. The summed E-state index contributed by atoms with van der Waals surface area (Å²) >= 11 is 6.46. The maximum atomic E-state index is 12.7. The Balaban J connectivity index is 1.90. The topological polar surface area (TPSA) is 69.9 Å². The SMILES string of the molecule is COC(=O)c1cc(-c2ccncc2)cc2c1nc(C)n2-c1cc(C)nc2c(Cl)cccc12. The molecular weight excluding hydrogens is 424 g/mol. The van der Waals surface area contributed by atoms with E-state index in [1.54, 1.807) is 12.4 Å². The Hall–Kier alpha value is -3.77. The molecule has 0 aliphatic heterocycles. The van der Waals surface area contributed by atoms with Crippen molar-refractivity contribution in [2.75, 3.05) is 7.11 Å². The molecule has 0 spiro atoms. The molecule has 0 saturated carbocycles. The van der Waals surface area contributed by atoms with Crippen LogP contribution in [-0.2, 0) is 4.74 Å². The van der Waals surface area contributed by atoms with Gasteiger partial charge in [0.25, 0.3) is 0 Å². The number of carbonyl (C=O) groups excluding carboxylic acids is 1. The van der Waals surface area contributed by atoms with E-state index in [4.69, 9.17) is 21.3 Å². The summed E-state index contributed by atoms with van der Waals surface area (Å²) in [6.45, 7) is 3.85. The molecule has 2 aromatic carbocycles. The van der Waals surface area contributed by atoms with Crippen molar-refractivity contribution >= 4 is 39.5 Å². The Morgan fingerprint density at radius 1 is 0.969 bits per heavy atom. The third kappa shape index (κ3) is 3.20. The van der Waals surface area contributed by atoms with Crippen molar-refractivity contribution in [2.24, 2.45) is 0 Å². The highest BCUT2D eigenvalue weighted by molar-refractivity contribution is 6.35. The molecule has 32 heavy (non-hydrogen) atoms. The number of ether oxygens (including phenoxy) is 1. The van der Waals surface area contributed by atoms with E-state index in [-0.39, 0.29) is 0 Å². The summed E-state index contributed by atoms with van der Waals surface area (Å²) in [4.78, 5) is 26.1. The van der Waals surface area contributed by atoms with E-state index in [2.05, 4.69) is 9.97 Å². The lowest BCUT2D eigenvalue weighted by Crippen LogP contribution is -2.04. The highest BCUT2D eigenvalue weighted by Gasteiger charge is 2.21. The second-order valence-electron chi connectivity index (χ2n) is 7.53. The van der Waals surface area contributed by atoms with Crippen LogP contribution < -0.4 is 0 Å². The molecule has 0 radical (unpaired) electrons. The maximum absolute atomic E-state index is 12.7. The number of aryl methyl sites for hydroxylation is 2. The molecule has 0 atom stereocenters. The van der Waals surface area contributed by atoms with Crippen LogP contribution in [0, 0.1) is 13.8 Å². The molecule has 0 bridgehead atoms. The van der Waals surface area contributed by atoms with Crippen molar-refractivity contribution in [3.05, 3.63) is 83.0 Å². The van der Waals surface area contributed by atoms with Gasteiger partial charge in [-0.25, -0.2) is 9.78 Å². The number of nitrogens with zero attached hydrogens (tertiary/aromatic N) is 4. The molecule has 0 amide bonds. The van der Waals surface area contributed by atoms with Crippen LogP contribution in [-0.4, -0.2) is 32.6 Å². The van der Waals surface area contributed by atoms with Crippen LogP contribution in [0.5, 0.6) is 0 Å². The van der Waals surface area contributed by atoms with E-state index in [9.17, 15) is 4.79 Å². The van der Waals surface area contributed by atoms with Crippen molar-refractivity contribution in [2.45, 2.75) is 13.8 Å². The molecule has 0 aliphatic carbocycles. The number of hydrogen-bond acceptors (Lipinski definition) is 5. The fourth-order valence-electron chi connectivity index (χ4n) is 4.08. The summed E-state index contributed by atoms with van der Waals surface area (Å²) in [5.41, 5.74) is 6.06. The Morgan fingerprint density at radius 2 is 1.75 bits per heavy atom. The first kappa shape index (κ1) is 20.2. The standard InChI is InChI=1S/C25H19ClN4O2/c1-14-11-21(18-5-4-6-20(26)23(18)28-14)30-15(2)29-24-19(25(31)32-3)12-17(13-22(24)30)16-7-9-27-10-8-16/h4-13H,1-3H3. The Morgan fingerprint density at radius 3 is 2.50 bits per heavy atom. The predicted molar refractivity (Wildman–Crippen MR) is 125 cm³/mol. The van der Waals surface area contributed by atoms with Gasteiger partial charge in [-0.15, -0.1) is 0 Å². The van der Waals surface area contributed by atoms with Crippen LogP contribution in [0.2, 0.25) is 5.02 Å². The summed E-state index contributed by atoms with van der Waals surface area (Å²) in [7, 11) is 1.37. The van der Waals surface area contributed by atoms with Gasteiger partial charge in [-0.05, 0) is 61.4 Å². The van der Waals surface area contributed by atoms with E-state index in [1.165, 1.54) is 7.11 Å². The number of para-hydroxylation sites is 1. The van der Waals surface area contributed by atoms with Gasteiger partial charge in [-0.1, -0.05) is 23.7 Å². The molecule has 6 nitrogen and oxygen atoms in total. The molecule has 0 aliphatic rings. The van der Waals surface area contributed by atoms with Crippen LogP contribution in [0.4, 0.5) is 0 Å². The predicted octanol–water partition coefficient (Wildman–Crippen LogP) is 5.69. The number of carbonyl (C=O) groups is 1. The van der Waals surface area contributed by atoms with Crippen LogP contribution in [0.15, 0.2) is 60.9 Å². The van der Waals surface area contributed by atoms with Gasteiger partial charge in [0.2, 0.25) is 0 Å². The summed E-state index contributed by atoms with van der Waals surface area (Å²) in [5.74, 6) is 0.304. The zero-order valence-electron chi connectivity index (χ0n) is 17.8. The second kappa shape index (κ2) is 7.73. The summed E-state index contributed by atoms with van der Waals surface area (Å²) in [6, 6.07) is 15.4. The molecule has 0 unspecified atom stereocenters. The summed E-state index contributed by atoms with van der Waals surface area (Å²) in [6.07, 6.45) is 3.45. The third-order valence-electron chi connectivity index (χ3n) is 5.48. The number of benzene rings is 2. The monoisotopic (exact) mass is 442 g/mol. The smallest absolute Gasteiger partial charge is 0.340 e. The van der Waals surface area contributed by atoms with Crippen molar-refractivity contribution in [1.29, 1.82) is 0 Å². The molecule has 5 aromatic rings. The molecule has 158 valence electrons. The van der Waals surface area contributed by atoms with Gasteiger partial charge >= 0.3 is 5.97 Å². The van der Waals surface area contributed by atoms with Gasteiger partial charge in [0.1, 0.15) is 11.3 Å². The molecule has 0 N–H and O–H groups in total. The van der Waals surface area contributed by atoms with E-state index in [1.807, 2.05) is 66.9 Å². The number of aromatic nitrogens is 4. The quantitative estimate of drug-likeness (QED) is 0.335. The number of imidazole rings is 1. The van der Waals surface area contributed by atoms with Gasteiger partial charge in [0.15, 0.2) is 0 Å². The molecule has 7 heteroatoms. The molecule has 3 heterocycles. The number of methoxy groups -OCH3 is 1. The van der Waals surface area contributed by atoms with E-state index >= 15 is 0 Å². The van der Waals surface area contributed by atoms with Crippen molar-refractivity contribution in [3.63, 3.8) is 0 Å². The highest BCUT2D eigenvalue weighted by atomic mass is 35.5. The Kier molecular flexibility index (Phi) is 4.87. The van der Waals surface area contributed by atoms with E-state index in [0.29, 0.717) is 16.1 Å². The Labute approximate surface area is 189 Å². The minimum Gasteiger partial charge on any atom is -0.465 e. The molecule has 3 aromatic heterocycles. The average molecular weight is 443 g/mol. The normalized spacial score (nSPS) is 11.2. The van der Waals surface area contributed by atoms with Crippen LogP contribution in [0.25, 0.3) is 38.8 Å². The average Bonchev–Trinajstić information content (AvgIpc) is 3.14. The van der Waals surface area contributed by atoms with Crippen LogP contribution in [0.3, 0.4) is 0 Å². The number of halogens is 1. The highest BCUT2D eigenvalue weighted by Crippen LogP contribution is 2.34. The van der Waals surface area contributed by atoms with Crippen molar-refractivity contribution in [1.82, 2.24) is 19.5 Å². The van der Waals surface area contributed by atoms with Crippen molar-refractivity contribution in [3.8, 4) is 16.8 Å². The minimum atomic E-state index is -0.436. The number of rotatable bonds is 3. The lowest BCUT2D eigenvalue weighted by Gasteiger charge is -2.13. The van der Waals surface area contributed by atoms with E-state index < -0.39 is 5.97 Å². The Bertz CT molecular complexity index is 1510. The summed E-state index contributed by atoms with van der Waals surface area (Å²) in [5, 5.41) is 1.49. The van der Waals surface area contributed by atoms with Crippen molar-refractivity contribution < 1.29 is 9.53 Å². The second-order valence-corrected chi connectivity index (χ2v) is 7.94. The number of hydrogen-bond donors (Lipinski definition) is 0.